The first kappa shape index (κ1) is 22.3. The summed E-state index contributed by atoms with van der Waals surface area (Å²) in [5.74, 6) is 0.541. The lowest BCUT2D eigenvalue weighted by atomic mass is 9.96. The van der Waals surface area contributed by atoms with E-state index in [9.17, 15) is 9.59 Å². The Bertz CT molecular complexity index is 1020. The maximum atomic E-state index is 13.1. The molecule has 1 aliphatic carbocycles. The molecule has 0 spiro atoms. The minimum Gasteiger partial charge on any atom is -0.370 e. The number of halogens is 1. The van der Waals surface area contributed by atoms with E-state index in [0.29, 0.717) is 34.4 Å². The fourth-order valence-electron chi connectivity index (χ4n) is 4.80. The Labute approximate surface area is 190 Å². The lowest BCUT2D eigenvalue weighted by Crippen LogP contribution is -2.29. The van der Waals surface area contributed by atoms with Crippen LogP contribution in [0.5, 0.6) is 0 Å². The summed E-state index contributed by atoms with van der Waals surface area (Å²) in [6, 6.07) is 0.181. The minimum absolute atomic E-state index is 0.158. The van der Waals surface area contributed by atoms with Gasteiger partial charge in [-0.15, -0.1) is 0 Å². The van der Waals surface area contributed by atoms with Crippen LogP contribution in [0.25, 0.3) is 0 Å². The molecule has 1 amide bonds. The van der Waals surface area contributed by atoms with Crippen molar-refractivity contribution in [2.24, 2.45) is 13.0 Å². The smallest absolute Gasteiger partial charge is 0.291 e. The van der Waals surface area contributed by atoms with Gasteiger partial charge in [0.1, 0.15) is 11.8 Å². The van der Waals surface area contributed by atoms with Crippen LogP contribution in [0.4, 0.5) is 5.69 Å². The van der Waals surface area contributed by atoms with Crippen LogP contribution in [-0.4, -0.2) is 31.9 Å². The third kappa shape index (κ3) is 4.14. The summed E-state index contributed by atoms with van der Waals surface area (Å²) >= 11 is 3.61. The molecular weight excluding hydrogens is 464 g/mol. The van der Waals surface area contributed by atoms with E-state index in [4.69, 9.17) is 9.26 Å². The number of hydrogen-bond acceptors (Lipinski definition) is 5. The minimum atomic E-state index is -0.433. The van der Waals surface area contributed by atoms with E-state index in [2.05, 4.69) is 33.3 Å². The van der Waals surface area contributed by atoms with Gasteiger partial charge in [0.25, 0.3) is 11.5 Å². The van der Waals surface area contributed by atoms with Crippen LogP contribution in [-0.2, 0) is 11.8 Å². The molecule has 1 unspecified atom stereocenters. The molecule has 170 valence electrons. The first-order valence-electron chi connectivity index (χ1n) is 11.1. The van der Waals surface area contributed by atoms with E-state index in [0.717, 1.165) is 37.8 Å². The van der Waals surface area contributed by atoms with Crippen molar-refractivity contribution in [2.75, 3.05) is 11.9 Å². The number of carbonyl (C=O) groups is 1. The van der Waals surface area contributed by atoms with Crippen LogP contribution < -0.4 is 10.9 Å². The molecule has 0 radical (unpaired) electrons. The average Bonchev–Trinajstić information content (AvgIpc) is 3.43. The maximum Gasteiger partial charge on any atom is 0.291 e. The van der Waals surface area contributed by atoms with Crippen LogP contribution in [0.3, 0.4) is 0 Å². The number of nitrogens with one attached hydrogen (secondary N) is 1. The fraction of sp³-hybridized carbons (Fsp3) is 0.682. The van der Waals surface area contributed by atoms with E-state index in [1.165, 1.54) is 6.42 Å². The zero-order valence-electron chi connectivity index (χ0n) is 18.6. The third-order valence-electron chi connectivity index (χ3n) is 6.90. The fourth-order valence-corrected chi connectivity index (χ4v) is 5.16. The summed E-state index contributed by atoms with van der Waals surface area (Å²) < 4.78 is 15.0. The van der Waals surface area contributed by atoms with Crippen LogP contribution in [0, 0.1) is 19.8 Å². The molecule has 1 saturated heterocycles. The molecule has 3 heterocycles. The average molecular weight is 495 g/mol. The summed E-state index contributed by atoms with van der Waals surface area (Å²) in [7, 11) is 1.87. The van der Waals surface area contributed by atoms with Gasteiger partial charge in [-0.25, -0.2) is 4.68 Å². The molecule has 0 aromatic carbocycles. The monoisotopic (exact) mass is 494 g/mol. The van der Waals surface area contributed by atoms with Crippen LogP contribution in [0.1, 0.15) is 85.1 Å². The zero-order valence-corrected chi connectivity index (χ0v) is 20.2. The normalized spacial score (nSPS) is 23.3. The molecule has 9 heteroatoms. The summed E-state index contributed by atoms with van der Waals surface area (Å²) in [5, 5.41) is 6.81. The van der Waals surface area contributed by atoms with Crippen molar-refractivity contribution in [3.05, 3.63) is 33.1 Å². The highest BCUT2D eigenvalue weighted by Crippen LogP contribution is 2.38. The number of anilines is 1. The molecule has 1 aliphatic heterocycles. The molecule has 2 fully saturated rings. The van der Waals surface area contributed by atoms with Gasteiger partial charge in [0.15, 0.2) is 11.5 Å². The predicted octanol–water partition coefficient (Wildman–Crippen LogP) is 4.41. The Morgan fingerprint density at radius 2 is 1.97 bits per heavy atom. The molecule has 1 saturated carbocycles. The molecule has 2 aliphatic rings. The van der Waals surface area contributed by atoms with Crippen LogP contribution >= 0.6 is 15.9 Å². The van der Waals surface area contributed by atoms with Crippen molar-refractivity contribution in [1.29, 1.82) is 0 Å². The third-order valence-corrected chi connectivity index (χ3v) is 7.64. The quantitative estimate of drug-likeness (QED) is 0.621. The zero-order chi connectivity index (χ0) is 22.3. The molecule has 8 nitrogen and oxygen atoms in total. The van der Waals surface area contributed by atoms with E-state index in [-0.39, 0.29) is 23.4 Å². The summed E-state index contributed by atoms with van der Waals surface area (Å²) in [5.41, 5.74) is 1.74. The van der Waals surface area contributed by atoms with Crippen molar-refractivity contribution < 1.29 is 14.1 Å². The second-order valence-electron chi connectivity index (χ2n) is 8.90. The van der Waals surface area contributed by atoms with Gasteiger partial charge in [-0.3, -0.25) is 14.3 Å². The van der Waals surface area contributed by atoms with E-state index >= 15 is 0 Å². The first-order valence-corrected chi connectivity index (χ1v) is 12.0. The van der Waals surface area contributed by atoms with Crippen molar-refractivity contribution in [1.82, 2.24) is 14.5 Å². The van der Waals surface area contributed by atoms with Crippen molar-refractivity contribution >= 4 is 27.5 Å². The van der Waals surface area contributed by atoms with Crippen molar-refractivity contribution in [3.63, 3.8) is 0 Å². The van der Waals surface area contributed by atoms with Crippen LogP contribution in [0.15, 0.2) is 9.32 Å². The summed E-state index contributed by atoms with van der Waals surface area (Å²) in [6.07, 6.45) is 6.06. The van der Waals surface area contributed by atoms with Gasteiger partial charge in [-0.2, -0.15) is 0 Å². The number of ether oxygens (including phenoxy) is 1. The molecular formula is C22H31BrN4O4. The highest BCUT2D eigenvalue weighted by molar-refractivity contribution is 9.09. The van der Waals surface area contributed by atoms with Gasteiger partial charge in [0.05, 0.1) is 18.3 Å². The SMILES string of the molecule is Cc1c(C(=O)Nc2c(C)n(C)n(C3CCCCC3)c2=O)noc1[C@@H]1C[C@@H](C(C)Br)CO1. The van der Waals surface area contributed by atoms with Gasteiger partial charge in [-0.05, 0) is 39.0 Å². The Balaban J connectivity index is 1.54. The van der Waals surface area contributed by atoms with E-state index < -0.39 is 5.91 Å². The highest BCUT2D eigenvalue weighted by Gasteiger charge is 2.35. The Morgan fingerprint density at radius 1 is 1.26 bits per heavy atom. The van der Waals surface area contributed by atoms with E-state index in [1.807, 2.05) is 25.6 Å². The van der Waals surface area contributed by atoms with Gasteiger partial charge in [0.2, 0.25) is 0 Å². The summed E-state index contributed by atoms with van der Waals surface area (Å²) in [6.45, 7) is 6.41. The molecule has 3 atom stereocenters. The summed E-state index contributed by atoms with van der Waals surface area (Å²) in [4.78, 5) is 26.5. The number of carbonyl (C=O) groups excluding carboxylic acids is 1. The Hall–Kier alpha value is -1.87. The number of amides is 1. The highest BCUT2D eigenvalue weighted by atomic mass is 79.9. The van der Waals surface area contributed by atoms with Gasteiger partial charge < -0.3 is 14.6 Å². The molecule has 0 bridgehead atoms. The number of aromatic nitrogens is 3. The predicted molar refractivity (Wildman–Crippen MR) is 121 cm³/mol. The second kappa shape index (κ2) is 8.94. The number of rotatable bonds is 5. The number of nitrogens with zero attached hydrogens (tertiary/aromatic N) is 3. The standard InChI is InChI=1S/C22H31BrN4O4/c1-12-18(25-31-20(12)17-10-15(11-30-17)13(2)23)21(28)24-19-14(3)26(4)27(22(19)29)16-8-6-5-7-9-16/h13,15-17H,5-11H2,1-4H3,(H,24,28)/t13?,15-,17+/m1/s1. The lowest BCUT2D eigenvalue weighted by Gasteiger charge is -2.24. The number of hydrogen-bond donors (Lipinski definition) is 1. The molecule has 31 heavy (non-hydrogen) atoms. The molecule has 4 rings (SSSR count). The molecule has 2 aromatic heterocycles. The largest absolute Gasteiger partial charge is 0.370 e. The Kier molecular flexibility index (Phi) is 6.44. The molecule has 1 N–H and O–H groups in total. The second-order valence-corrected chi connectivity index (χ2v) is 10.3. The van der Waals surface area contributed by atoms with Gasteiger partial charge in [0, 0.05) is 17.4 Å². The molecule has 2 aromatic rings. The van der Waals surface area contributed by atoms with Gasteiger partial charge >= 0.3 is 0 Å². The topological polar surface area (TPSA) is 91.3 Å². The van der Waals surface area contributed by atoms with Gasteiger partial charge in [-0.1, -0.05) is 47.3 Å². The first-order chi connectivity index (χ1) is 14.8. The van der Waals surface area contributed by atoms with Crippen molar-refractivity contribution in [3.8, 4) is 0 Å². The maximum absolute atomic E-state index is 13.1. The Morgan fingerprint density at radius 3 is 2.61 bits per heavy atom. The van der Waals surface area contributed by atoms with Crippen molar-refractivity contribution in [2.45, 2.75) is 76.3 Å². The van der Waals surface area contributed by atoms with E-state index in [1.54, 1.807) is 4.68 Å². The van der Waals surface area contributed by atoms with Crippen LogP contribution in [0.2, 0.25) is 0 Å². The lowest BCUT2D eigenvalue weighted by molar-refractivity contribution is 0.0839. The number of alkyl halides is 1.